The molecule has 2 aromatic carbocycles. The molecule has 0 unspecified atom stereocenters. The van der Waals surface area contributed by atoms with E-state index in [1.165, 1.54) is 16.7 Å². The van der Waals surface area contributed by atoms with Crippen LogP contribution < -0.4 is 0 Å². The molecule has 0 aromatic heterocycles. The highest BCUT2D eigenvalue weighted by atomic mass is 16.3. The fourth-order valence-electron chi connectivity index (χ4n) is 5.91. The highest BCUT2D eigenvalue weighted by Gasteiger charge is 2.45. The fraction of sp³-hybridized carbons (Fsp3) is 0.536. The van der Waals surface area contributed by atoms with E-state index in [2.05, 4.69) is 71.3 Å². The Morgan fingerprint density at radius 1 is 0.879 bits per heavy atom. The van der Waals surface area contributed by atoms with Crippen LogP contribution in [0.1, 0.15) is 42.9 Å². The number of nitrogens with zero attached hydrogens (tertiary/aromatic N) is 3. The Labute approximate surface area is 198 Å². The highest BCUT2D eigenvalue weighted by Crippen LogP contribution is 2.36. The summed E-state index contributed by atoms with van der Waals surface area (Å²) in [6.45, 7) is 8.62. The zero-order valence-electron chi connectivity index (χ0n) is 19.9. The molecule has 1 atom stereocenters. The van der Waals surface area contributed by atoms with Crippen LogP contribution in [-0.4, -0.2) is 70.6 Å². The van der Waals surface area contributed by atoms with E-state index >= 15 is 0 Å². The molecule has 176 valence electrons. The number of piperidine rings is 1. The van der Waals surface area contributed by atoms with Crippen molar-refractivity contribution in [2.24, 2.45) is 5.41 Å². The average molecular weight is 448 g/mol. The maximum absolute atomic E-state index is 13.5. The van der Waals surface area contributed by atoms with Crippen molar-refractivity contribution in [3.05, 3.63) is 71.3 Å². The number of β-amino-alcohol motifs (C(OH)–C–C–N with tert-alkyl or cyclic N) is 1. The van der Waals surface area contributed by atoms with Crippen molar-refractivity contribution in [3.8, 4) is 0 Å². The second kappa shape index (κ2) is 9.21. The van der Waals surface area contributed by atoms with Crippen molar-refractivity contribution in [2.75, 3.05) is 39.3 Å². The van der Waals surface area contributed by atoms with E-state index in [0.29, 0.717) is 26.1 Å². The predicted molar refractivity (Wildman–Crippen MR) is 131 cm³/mol. The van der Waals surface area contributed by atoms with Crippen LogP contribution in [0.4, 0.5) is 0 Å². The number of hydrogen-bond donors (Lipinski definition) is 1. The number of carbonyl (C=O) groups is 1. The van der Waals surface area contributed by atoms with Gasteiger partial charge in [0.25, 0.3) is 0 Å². The third-order valence-electron chi connectivity index (χ3n) is 8.07. The third-order valence-corrected chi connectivity index (χ3v) is 8.07. The first-order chi connectivity index (χ1) is 15.9. The van der Waals surface area contributed by atoms with Gasteiger partial charge in [0.15, 0.2) is 0 Å². The summed E-state index contributed by atoms with van der Waals surface area (Å²) in [5.41, 5.74) is 3.01. The summed E-state index contributed by atoms with van der Waals surface area (Å²) in [5, 5.41) is 11.4. The quantitative estimate of drug-likeness (QED) is 0.764. The number of amides is 1. The van der Waals surface area contributed by atoms with Crippen LogP contribution in [0, 0.1) is 5.41 Å². The Morgan fingerprint density at radius 3 is 2.33 bits per heavy atom. The standard InChI is InChI=1S/C28H37N3O2/c1-27(12-16-29(17-13-27)19-23-7-3-2-4-8-23)26(32)31-18-14-28(33,22-31)21-30-15-11-24-9-5-6-10-25(24)20-30/h2-10,33H,11-22H2,1H3/t28-/m0/s1. The summed E-state index contributed by atoms with van der Waals surface area (Å²) in [5.74, 6) is 0.238. The van der Waals surface area contributed by atoms with Gasteiger partial charge >= 0.3 is 0 Å². The molecule has 5 heteroatoms. The molecule has 1 amide bonds. The number of fused-ring (bicyclic) bond motifs is 1. The largest absolute Gasteiger partial charge is 0.387 e. The summed E-state index contributed by atoms with van der Waals surface area (Å²) in [6.07, 6.45) is 3.48. The number of carbonyl (C=O) groups excluding carboxylic acids is 1. The molecule has 1 N–H and O–H groups in total. The second-order valence-corrected chi connectivity index (χ2v) is 10.8. The van der Waals surface area contributed by atoms with E-state index in [1.54, 1.807) is 0 Å². The summed E-state index contributed by atoms with van der Waals surface area (Å²) >= 11 is 0. The average Bonchev–Trinajstić information content (AvgIpc) is 3.22. The van der Waals surface area contributed by atoms with Crippen molar-refractivity contribution >= 4 is 5.91 Å². The van der Waals surface area contributed by atoms with Gasteiger partial charge in [-0.3, -0.25) is 14.6 Å². The van der Waals surface area contributed by atoms with Crippen LogP contribution in [0.5, 0.6) is 0 Å². The Kier molecular flexibility index (Phi) is 6.30. The summed E-state index contributed by atoms with van der Waals surface area (Å²) in [6, 6.07) is 19.2. The molecule has 2 aromatic rings. The van der Waals surface area contributed by atoms with E-state index in [0.717, 1.165) is 52.0 Å². The van der Waals surface area contributed by atoms with Gasteiger partial charge in [-0.25, -0.2) is 0 Å². The third kappa shape index (κ3) is 5.01. The topological polar surface area (TPSA) is 47.0 Å². The van der Waals surface area contributed by atoms with Crippen LogP contribution in [-0.2, 0) is 24.3 Å². The SMILES string of the molecule is CC1(C(=O)N2CC[C@](O)(CN3CCc4ccccc4C3)C2)CCN(Cc2ccccc2)CC1. The van der Waals surface area contributed by atoms with Crippen molar-refractivity contribution in [1.82, 2.24) is 14.7 Å². The zero-order valence-corrected chi connectivity index (χ0v) is 19.9. The monoisotopic (exact) mass is 447 g/mol. The minimum absolute atomic E-state index is 0.238. The summed E-state index contributed by atoms with van der Waals surface area (Å²) in [4.78, 5) is 20.3. The maximum atomic E-state index is 13.5. The van der Waals surface area contributed by atoms with Crippen LogP contribution in [0.3, 0.4) is 0 Å². The molecule has 3 aliphatic heterocycles. The molecule has 5 rings (SSSR count). The molecule has 0 bridgehead atoms. The molecule has 2 fully saturated rings. The second-order valence-electron chi connectivity index (χ2n) is 10.8. The Balaban J connectivity index is 1.14. The van der Waals surface area contributed by atoms with E-state index < -0.39 is 5.60 Å². The van der Waals surface area contributed by atoms with Crippen LogP contribution in [0.15, 0.2) is 54.6 Å². The van der Waals surface area contributed by atoms with Gasteiger partial charge in [0, 0.05) is 38.1 Å². The van der Waals surface area contributed by atoms with Gasteiger partial charge in [-0.2, -0.15) is 0 Å². The van der Waals surface area contributed by atoms with E-state index in [1.807, 2.05) is 4.90 Å². The van der Waals surface area contributed by atoms with Gasteiger partial charge in [0.1, 0.15) is 0 Å². The Hall–Kier alpha value is -2.21. The normalized spacial score (nSPS) is 25.7. The lowest BCUT2D eigenvalue weighted by molar-refractivity contribution is -0.144. The zero-order chi connectivity index (χ0) is 22.9. The van der Waals surface area contributed by atoms with Crippen molar-refractivity contribution in [2.45, 2.75) is 51.3 Å². The van der Waals surface area contributed by atoms with Crippen LogP contribution >= 0.6 is 0 Å². The van der Waals surface area contributed by atoms with Gasteiger partial charge in [-0.05, 0) is 55.5 Å². The lowest BCUT2D eigenvalue weighted by Crippen LogP contribution is -2.51. The summed E-state index contributed by atoms with van der Waals surface area (Å²) in [7, 11) is 0. The number of likely N-dealkylation sites (tertiary alicyclic amines) is 2. The molecule has 33 heavy (non-hydrogen) atoms. The van der Waals surface area contributed by atoms with Crippen molar-refractivity contribution < 1.29 is 9.90 Å². The smallest absolute Gasteiger partial charge is 0.228 e. The fourth-order valence-corrected chi connectivity index (χ4v) is 5.91. The van der Waals surface area contributed by atoms with E-state index in [4.69, 9.17) is 0 Å². The lowest BCUT2D eigenvalue weighted by atomic mass is 9.79. The lowest BCUT2D eigenvalue weighted by Gasteiger charge is -2.40. The first-order valence-corrected chi connectivity index (χ1v) is 12.5. The minimum atomic E-state index is -0.799. The molecule has 2 saturated heterocycles. The summed E-state index contributed by atoms with van der Waals surface area (Å²) < 4.78 is 0. The highest BCUT2D eigenvalue weighted by molar-refractivity contribution is 5.83. The predicted octanol–water partition coefficient (Wildman–Crippen LogP) is 3.31. The Morgan fingerprint density at radius 2 is 1.58 bits per heavy atom. The van der Waals surface area contributed by atoms with Crippen LogP contribution in [0.2, 0.25) is 0 Å². The van der Waals surface area contributed by atoms with Gasteiger partial charge in [0.05, 0.1) is 12.1 Å². The van der Waals surface area contributed by atoms with Gasteiger partial charge in [-0.1, -0.05) is 61.5 Å². The van der Waals surface area contributed by atoms with Gasteiger partial charge < -0.3 is 10.0 Å². The van der Waals surface area contributed by atoms with Crippen LogP contribution in [0.25, 0.3) is 0 Å². The molecular weight excluding hydrogens is 410 g/mol. The molecule has 0 radical (unpaired) electrons. The van der Waals surface area contributed by atoms with Gasteiger partial charge in [0.2, 0.25) is 5.91 Å². The molecule has 3 aliphatic rings. The molecular formula is C28H37N3O2. The number of aliphatic hydroxyl groups is 1. The van der Waals surface area contributed by atoms with Gasteiger partial charge in [-0.15, -0.1) is 0 Å². The van der Waals surface area contributed by atoms with Crippen molar-refractivity contribution in [3.63, 3.8) is 0 Å². The molecule has 5 nitrogen and oxygen atoms in total. The van der Waals surface area contributed by atoms with E-state index in [-0.39, 0.29) is 11.3 Å². The maximum Gasteiger partial charge on any atom is 0.228 e. The first-order valence-electron chi connectivity index (χ1n) is 12.5. The number of hydrogen-bond acceptors (Lipinski definition) is 4. The van der Waals surface area contributed by atoms with E-state index in [9.17, 15) is 9.90 Å². The number of rotatable bonds is 5. The molecule has 0 aliphatic carbocycles. The number of benzene rings is 2. The molecule has 3 heterocycles. The Bertz CT molecular complexity index is 970. The molecule has 0 saturated carbocycles. The first kappa shape index (κ1) is 22.6. The van der Waals surface area contributed by atoms with Crippen molar-refractivity contribution in [1.29, 1.82) is 0 Å². The molecule has 0 spiro atoms. The minimum Gasteiger partial charge on any atom is -0.387 e.